The second-order valence-electron chi connectivity index (χ2n) is 1.95. The molecule has 0 saturated carbocycles. The Labute approximate surface area is 64.1 Å². The molecule has 10 heavy (non-hydrogen) atoms. The lowest BCUT2D eigenvalue weighted by Crippen LogP contribution is -2.10. The van der Waals surface area contributed by atoms with E-state index in [0.29, 0.717) is 0 Å². The number of rotatable bonds is 3. The van der Waals surface area contributed by atoms with Gasteiger partial charge in [-0.05, 0) is 18.5 Å². The largest absolute Gasteiger partial charge is 0.305 e. The first-order chi connectivity index (χ1) is 4.84. The summed E-state index contributed by atoms with van der Waals surface area (Å²) in [5.41, 5.74) is 5.04. The summed E-state index contributed by atoms with van der Waals surface area (Å²) >= 11 is 1.47. The smallest absolute Gasteiger partial charge is 0.0572 e. The van der Waals surface area contributed by atoms with Gasteiger partial charge in [0.05, 0.1) is 12.8 Å². The van der Waals surface area contributed by atoms with E-state index in [4.69, 9.17) is 4.84 Å². The minimum atomic E-state index is 0.735. The van der Waals surface area contributed by atoms with Crippen molar-refractivity contribution < 1.29 is 4.84 Å². The topological polar surface area (TPSA) is 34.1 Å². The second-order valence-corrected chi connectivity index (χ2v) is 2.58. The summed E-state index contributed by atoms with van der Waals surface area (Å²) in [5.74, 6) is 0. The van der Waals surface area contributed by atoms with Crippen molar-refractivity contribution in [2.45, 2.75) is 13.5 Å². The number of nitrogens with zero attached hydrogens (tertiary/aromatic N) is 1. The Kier molecular flexibility index (Phi) is 2.80. The van der Waals surface area contributed by atoms with E-state index < -0.39 is 0 Å². The van der Waals surface area contributed by atoms with Crippen molar-refractivity contribution in [1.82, 2.24) is 9.85 Å². The van der Waals surface area contributed by atoms with Crippen LogP contribution < -0.4 is 5.48 Å². The first kappa shape index (κ1) is 7.65. The Bertz CT molecular complexity index is 199. The number of hydroxylamine groups is 1. The summed E-state index contributed by atoms with van der Waals surface area (Å²) in [5, 5.41) is 2.02. The average Bonchev–Trinajstić information content (AvgIpc) is 2.31. The molecule has 1 heterocycles. The third-order valence-electron chi connectivity index (χ3n) is 1.26. The number of aryl methyl sites for hydroxylation is 1. The Balaban J connectivity index is 2.49. The molecule has 0 unspecified atom stereocenters. The number of hydrogen-bond donors (Lipinski definition) is 1. The quantitative estimate of drug-likeness (QED) is 0.669. The molecular weight excluding hydrogens is 148 g/mol. The van der Waals surface area contributed by atoms with Gasteiger partial charge < -0.3 is 4.84 Å². The van der Waals surface area contributed by atoms with Crippen LogP contribution in [0.1, 0.15) is 11.3 Å². The van der Waals surface area contributed by atoms with Gasteiger partial charge in [0, 0.05) is 17.5 Å². The first-order valence-electron chi connectivity index (χ1n) is 3.00. The van der Waals surface area contributed by atoms with E-state index >= 15 is 0 Å². The standard InChI is InChI=1S/C6H10N2OS/c1-5-6(3-7-9-2)4-10-8-5/h4,7H,3H2,1-2H3. The van der Waals surface area contributed by atoms with Crippen LogP contribution in [0.2, 0.25) is 0 Å². The molecule has 0 amide bonds. The zero-order chi connectivity index (χ0) is 7.40. The molecule has 1 aromatic heterocycles. The minimum absolute atomic E-state index is 0.735. The third-order valence-corrected chi connectivity index (χ3v) is 2.03. The monoisotopic (exact) mass is 158 g/mol. The van der Waals surface area contributed by atoms with Crippen LogP contribution >= 0.6 is 11.5 Å². The van der Waals surface area contributed by atoms with Gasteiger partial charge in [0.2, 0.25) is 0 Å². The fourth-order valence-electron chi connectivity index (χ4n) is 0.632. The van der Waals surface area contributed by atoms with Gasteiger partial charge in [-0.1, -0.05) is 0 Å². The Hall–Kier alpha value is -0.450. The lowest BCUT2D eigenvalue weighted by molar-refractivity contribution is 0.0866. The normalized spacial score (nSPS) is 10.2. The van der Waals surface area contributed by atoms with E-state index in [1.54, 1.807) is 7.11 Å². The van der Waals surface area contributed by atoms with Crippen molar-refractivity contribution in [2.75, 3.05) is 7.11 Å². The summed E-state index contributed by atoms with van der Waals surface area (Å²) in [4.78, 5) is 4.70. The predicted molar refractivity (Wildman–Crippen MR) is 40.7 cm³/mol. The van der Waals surface area contributed by atoms with Gasteiger partial charge in [-0.25, -0.2) is 0 Å². The Morgan fingerprint density at radius 2 is 2.60 bits per heavy atom. The molecule has 0 radical (unpaired) electrons. The highest BCUT2D eigenvalue weighted by molar-refractivity contribution is 7.03. The van der Waals surface area contributed by atoms with E-state index in [1.165, 1.54) is 17.1 Å². The van der Waals surface area contributed by atoms with Crippen molar-refractivity contribution in [3.8, 4) is 0 Å². The molecule has 0 atom stereocenters. The third kappa shape index (κ3) is 1.76. The summed E-state index contributed by atoms with van der Waals surface area (Å²) in [6.45, 7) is 2.72. The van der Waals surface area contributed by atoms with Gasteiger partial charge in [0.15, 0.2) is 0 Å². The molecule has 0 aromatic carbocycles. The highest BCUT2D eigenvalue weighted by Gasteiger charge is 1.98. The van der Waals surface area contributed by atoms with Crippen molar-refractivity contribution in [2.24, 2.45) is 0 Å². The molecule has 1 aromatic rings. The van der Waals surface area contributed by atoms with Crippen LogP contribution in [0, 0.1) is 6.92 Å². The van der Waals surface area contributed by atoms with Crippen molar-refractivity contribution in [1.29, 1.82) is 0 Å². The fourth-order valence-corrected chi connectivity index (χ4v) is 1.34. The molecule has 0 fully saturated rings. The first-order valence-corrected chi connectivity index (χ1v) is 3.84. The van der Waals surface area contributed by atoms with E-state index in [9.17, 15) is 0 Å². The summed E-state index contributed by atoms with van der Waals surface area (Å²) in [6, 6.07) is 0. The molecule has 4 heteroatoms. The molecule has 0 bridgehead atoms. The Morgan fingerprint density at radius 3 is 3.10 bits per heavy atom. The molecule has 0 spiro atoms. The van der Waals surface area contributed by atoms with Crippen LogP contribution in [0.15, 0.2) is 5.38 Å². The van der Waals surface area contributed by atoms with E-state index in [2.05, 4.69) is 9.85 Å². The van der Waals surface area contributed by atoms with Gasteiger partial charge in [0.1, 0.15) is 0 Å². The van der Waals surface area contributed by atoms with Gasteiger partial charge in [-0.3, -0.25) is 0 Å². The molecule has 1 rings (SSSR count). The highest BCUT2D eigenvalue weighted by atomic mass is 32.1. The van der Waals surface area contributed by atoms with Crippen LogP contribution in [-0.2, 0) is 11.4 Å². The minimum Gasteiger partial charge on any atom is -0.305 e. The van der Waals surface area contributed by atoms with Gasteiger partial charge in [0.25, 0.3) is 0 Å². The number of aromatic nitrogens is 1. The Morgan fingerprint density at radius 1 is 1.80 bits per heavy atom. The predicted octanol–water partition coefficient (Wildman–Crippen LogP) is 1.10. The van der Waals surface area contributed by atoms with Crippen molar-refractivity contribution in [3.05, 3.63) is 16.6 Å². The number of nitrogens with one attached hydrogen (secondary N) is 1. The van der Waals surface area contributed by atoms with Crippen LogP contribution in [0.25, 0.3) is 0 Å². The molecule has 0 aliphatic rings. The maximum absolute atomic E-state index is 4.70. The molecule has 0 saturated heterocycles. The van der Waals surface area contributed by atoms with Gasteiger partial charge >= 0.3 is 0 Å². The molecule has 0 aliphatic heterocycles. The lowest BCUT2D eigenvalue weighted by Gasteiger charge is -1.97. The average molecular weight is 158 g/mol. The molecule has 1 N–H and O–H groups in total. The molecule has 3 nitrogen and oxygen atoms in total. The SMILES string of the molecule is CONCc1csnc1C. The maximum Gasteiger partial charge on any atom is 0.0572 e. The summed E-state index contributed by atoms with van der Waals surface area (Å²) < 4.78 is 4.12. The fraction of sp³-hybridized carbons (Fsp3) is 0.500. The van der Waals surface area contributed by atoms with Crippen LogP contribution in [0.4, 0.5) is 0 Å². The van der Waals surface area contributed by atoms with E-state index in [0.717, 1.165) is 12.2 Å². The molecule has 0 aliphatic carbocycles. The lowest BCUT2D eigenvalue weighted by atomic mass is 10.3. The van der Waals surface area contributed by atoms with Crippen molar-refractivity contribution in [3.63, 3.8) is 0 Å². The van der Waals surface area contributed by atoms with E-state index in [1.807, 2.05) is 12.3 Å². The van der Waals surface area contributed by atoms with Crippen LogP contribution in [0.3, 0.4) is 0 Å². The molecular formula is C6H10N2OS. The highest BCUT2D eigenvalue weighted by Crippen LogP contribution is 2.07. The van der Waals surface area contributed by atoms with Gasteiger partial charge in [-0.15, -0.1) is 0 Å². The van der Waals surface area contributed by atoms with Crippen LogP contribution in [-0.4, -0.2) is 11.5 Å². The van der Waals surface area contributed by atoms with E-state index in [-0.39, 0.29) is 0 Å². The summed E-state index contributed by atoms with van der Waals surface area (Å²) in [6.07, 6.45) is 0. The summed E-state index contributed by atoms with van der Waals surface area (Å²) in [7, 11) is 1.61. The van der Waals surface area contributed by atoms with Crippen molar-refractivity contribution >= 4 is 11.5 Å². The van der Waals surface area contributed by atoms with Gasteiger partial charge in [-0.2, -0.15) is 9.85 Å². The molecule has 56 valence electrons. The second kappa shape index (κ2) is 3.65. The maximum atomic E-state index is 4.70. The zero-order valence-electron chi connectivity index (χ0n) is 6.05. The number of hydrogen-bond acceptors (Lipinski definition) is 4. The zero-order valence-corrected chi connectivity index (χ0v) is 6.86. The van der Waals surface area contributed by atoms with Crippen LogP contribution in [0.5, 0.6) is 0 Å².